The second-order valence-corrected chi connectivity index (χ2v) is 18.1. The van der Waals surface area contributed by atoms with Gasteiger partial charge in [0, 0.05) is 13.0 Å². The summed E-state index contributed by atoms with van der Waals surface area (Å²) in [6.45, 7) is 13.8. The number of nitrogens with zero attached hydrogens (tertiary/aromatic N) is 1. The van der Waals surface area contributed by atoms with Crippen LogP contribution in [0.5, 0.6) is 0 Å². The molecule has 3 aliphatic carbocycles. The quantitative estimate of drug-likeness (QED) is 0.104. The summed E-state index contributed by atoms with van der Waals surface area (Å²) < 4.78 is 13.4. The van der Waals surface area contributed by atoms with Crippen molar-refractivity contribution >= 4 is 48.6 Å². The van der Waals surface area contributed by atoms with Crippen molar-refractivity contribution in [1.29, 1.82) is 0 Å². The van der Waals surface area contributed by atoms with Crippen molar-refractivity contribution in [3.05, 3.63) is 35.9 Å². The van der Waals surface area contributed by atoms with Crippen LogP contribution in [0, 0.1) is 29.1 Å². The van der Waals surface area contributed by atoms with Crippen LogP contribution in [0.15, 0.2) is 30.3 Å². The molecular weight excluding hydrogens is 763 g/mol. The number of carboxylic acids is 2. The Kier molecular flexibility index (Phi) is 14.2. The predicted octanol–water partition coefficient (Wildman–Crippen LogP) is 1.54. The molecule has 2 bridgehead atoms. The smallest absolute Gasteiger partial charge is 0.481 e. The summed E-state index contributed by atoms with van der Waals surface area (Å²) in [6.07, 6.45) is 1.18. The highest BCUT2D eigenvalue weighted by molar-refractivity contribution is 6.47. The average molecular weight is 825 g/mol. The zero-order valence-electron chi connectivity index (χ0n) is 35.1. The first kappa shape index (κ1) is 45.5. The van der Waals surface area contributed by atoms with Gasteiger partial charge < -0.3 is 51.4 Å². The van der Waals surface area contributed by atoms with Gasteiger partial charge >= 0.3 is 19.1 Å². The van der Waals surface area contributed by atoms with Crippen LogP contribution >= 0.6 is 0 Å². The van der Waals surface area contributed by atoms with Crippen LogP contribution in [0.3, 0.4) is 0 Å². The summed E-state index contributed by atoms with van der Waals surface area (Å²) in [5.74, 6) is -6.78. The van der Waals surface area contributed by atoms with Gasteiger partial charge in [-0.05, 0) is 73.7 Å². The maximum absolute atomic E-state index is 14.3. The number of carbonyl (C=O) groups is 7. The fourth-order valence-electron chi connectivity index (χ4n) is 9.38. The summed E-state index contributed by atoms with van der Waals surface area (Å²) in [6, 6.07) is 3.36. The number of likely N-dealkylation sites (tertiary alicyclic amines) is 1. The standard InChI is InChI=1S/C41H61BN6O11/c1-21(2)32(45-36(54)26(15-16-30(49)50)44-35(53)25(43)20-31(51)52)38(56)46-33(22(3)4)39(57)48-17-11-14-27(48)37(55)47-34(23-12-9-8-10-13-23)42-58-29-19-24-18-28(40(24,5)6)41(29,7)59-42/h8-10,12-13,21-22,24-29,32-34H,11,14-20,43H2,1-7H3,(H,44,53)(H,45,54)(H,46,56)(H,47,55)(H,49,50)(H,51,52)/t24?,25-,26-,27-,28?,29?,32-,33-,34?,41?/m0/s1. The van der Waals surface area contributed by atoms with Gasteiger partial charge in [-0.15, -0.1) is 0 Å². The number of carbonyl (C=O) groups excluding carboxylic acids is 5. The van der Waals surface area contributed by atoms with Crippen molar-refractivity contribution in [2.75, 3.05) is 6.54 Å². The van der Waals surface area contributed by atoms with Crippen LogP contribution in [0.4, 0.5) is 0 Å². The second-order valence-electron chi connectivity index (χ2n) is 18.1. The summed E-state index contributed by atoms with van der Waals surface area (Å²) in [5, 5.41) is 29.1. The topological polar surface area (TPSA) is 256 Å². The molecule has 5 unspecified atom stereocenters. The number of carboxylic acid groups (broad SMARTS) is 2. The number of nitrogens with two attached hydrogens (primary N) is 1. The van der Waals surface area contributed by atoms with E-state index >= 15 is 0 Å². The fraction of sp³-hybridized carbons (Fsp3) is 0.683. The molecule has 0 aromatic heterocycles. The maximum Gasteiger partial charge on any atom is 0.486 e. The molecule has 6 rings (SSSR count). The predicted molar refractivity (Wildman–Crippen MR) is 215 cm³/mol. The lowest BCUT2D eigenvalue weighted by molar-refractivity contribution is -0.199. The highest BCUT2D eigenvalue weighted by Crippen LogP contribution is 2.66. The molecule has 5 amide bonds. The van der Waals surface area contributed by atoms with Gasteiger partial charge in [0.2, 0.25) is 29.5 Å². The fourth-order valence-corrected chi connectivity index (χ4v) is 9.38. The molecule has 0 radical (unpaired) electrons. The maximum atomic E-state index is 14.3. The highest BCUT2D eigenvalue weighted by Gasteiger charge is 2.68. The third kappa shape index (κ3) is 9.92. The molecule has 1 aromatic carbocycles. The van der Waals surface area contributed by atoms with Gasteiger partial charge in [0.05, 0.1) is 30.1 Å². The van der Waals surface area contributed by atoms with Crippen molar-refractivity contribution in [1.82, 2.24) is 26.2 Å². The van der Waals surface area contributed by atoms with Crippen LogP contribution in [-0.2, 0) is 42.9 Å². The van der Waals surface area contributed by atoms with Crippen molar-refractivity contribution in [2.24, 2.45) is 34.8 Å². The van der Waals surface area contributed by atoms with E-state index < -0.39 is 109 Å². The van der Waals surface area contributed by atoms with E-state index in [-0.39, 0.29) is 30.4 Å². The number of amides is 5. The molecule has 5 aliphatic rings. The van der Waals surface area contributed by atoms with Crippen LogP contribution in [0.2, 0.25) is 0 Å². The lowest BCUT2D eigenvalue weighted by Crippen LogP contribution is -2.65. The SMILES string of the molecule is CC(C)[C@H](NC(=O)[C@H](CCC(=O)O)NC(=O)[C@@H](N)CC(=O)O)C(=O)N[C@H](C(=O)N1CCC[C@H]1C(=O)NC(B1OC2CC3CC(C3(C)C)C2(C)O1)c1ccccc1)C(C)C. The number of hydrogen-bond acceptors (Lipinski definition) is 10. The van der Waals surface area contributed by atoms with Gasteiger partial charge in [0.15, 0.2) is 0 Å². The van der Waals surface area contributed by atoms with Gasteiger partial charge in [-0.1, -0.05) is 71.9 Å². The molecule has 8 N–H and O–H groups in total. The van der Waals surface area contributed by atoms with E-state index in [1.807, 2.05) is 30.3 Å². The van der Waals surface area contributed by atoms with Gasteiger partial charge in [-0.2, -0.15) is 0 Å². The molecule has 2 aliphatic heterocycles. The van der Waals surface area contributed by atoms with Crippen LogP contribution in [0.1, 0.15) is 105 Å². The van der Waals surface area contributed by atoms with E-state index in [1.54, 1.807) is 27.7 Å². The summed E-state index contributed by atoms with van der Waals surface area (Å²) in [5.41, 5.74) is 6.08. The molecule has 5 fully saturated rings. The zero-order valence-corrected chi connectivity index (χ0v) is 35.1. The van der Waals surface area contributed by atoms with Gasteiger partial charge in [-0.25, -0.2) is 0 Å². The van der Waals surface area contributed by atoms with Crippen LogP contribution < -0.4 is 27.0 Å². The molecule has 18 heteroatoms. The van der Waals surface area contributed by atoms with Crippen molar-refractivity contribution in [2.45, 2.75) is 141 Å². The Balaban J connectivity index is 1.28. The second kappa shape index (κ2) is 18.4. The Labute approximate surface area is 345 Å². The molecule has 0 spiro atoms. The van der Waals surface area contributed by atoms with Crippen molar-refractivity contribution < 1.29 is 53.1 Å². The van der Waals surface area contributed by atoms with Crippen LogP contribution in [-0.4, -0.2) is 112 Å². The number of rotatable bonds is 18. The summed E-state index contributed by atoms with van der Waals surface area (Å²) in [7, 11) is -0.749. The number of nitrogens with one attached hydrogen (secondary N) is 4. The first-order chi connectivity index (χ1) is 27.6. The molecule has 324 valence electrons. The van der Waals surface area contributed by atoms with E-state index in [9.17, 15) is 38.7 Å². The minimum absolute atomic E-state index is 0.108. The molecule has 3 saturated carbocycles. The molecule has 2 heterocycles. The minimum Gasteiger partial charge on any atom is -0.481 e. The molecule has 17 nitrogen and oxygen atoms in total. The van der Waals surface area contributed by atoms with E-state index in [1.165, 1.54) is 4.90 Å². The highest BCUT2D eigenvalue weighted by atomic mass is 16.7. The zero-order chi connectivity index (χ0) is 43.6. The van der Waals surface area contributed by atoms with E-state index in [2.05, 4.69) is 42.0 Å². The lowest BCUT2D eigenvalue weighted by atomic mass is 9.43. The Morgan fingerprint density at radius 3 is 2.10 bits per heavy atom. The summed E-state index contributed by atoms with van der Waals surface area (Å²) in [4.78, 5) is 92.5. The number of hydrogen-bond donors (Lipinski definition) is 7. The first-order valence-corrected chi connectivity index (χ1v) is 20.7. The van der Waals surface area contributed by atoms with Gasteiger partial charge in [-0.3, -0.25) is 33.6 Å². The number of benzene rings is 1. The van der Waals surface area contributed by atoms with E-state index in [4.69, 9.17) is 20.1 Å². The minimum atomic E-state index is -1.51. The third-order valence-electron chi connectivity index (χ3n) is 13.0. The monoisotopic (exact) mass is 824 g/mol. The normalized spacial score (nSPS) is 26.7. The Morgan fingerprint density at radius 1 is 0.864 bits per heavy atom. The Hall–Kier alpha value is -4.55. The molecule has 1 aromatic rings. The van der Waals surface area contributed by atoms with Gasteiger partial charge in [0.1, 0.15) is 24.2 Å². The molecule has 10 atom stereocenters. The molecule has 59 heavy (non-hydrogen) atoms. The summed E-state index contributed by atoms with van der Waals surface area (Å²) >= 11 is 0. The van der Waals surface area contributed by atoms with Crippen molar-refractivity contribution in [3.8, 4) is 0 Å². The van der Waals surface area contributed by atoms with Gasteiger partial charge in [0.25, 0.3) is 0 Å². The average Bonchev–Trinajstić information content (AvgIpc) is 3.80. The molecular formula is C41H61BN6O11. The number of aliphatic carboxylic acids is 2. The first-order valence-electron chi connectivity index (χ1n) is 20.7. The van der Waals surface area contributed by atoms with Crippen molar-refractivity contribution in [3.63, 3.8) is 0 Å². The Morgan fingerprint density at radius 2 is 1.51 bits per heavy atom. The largest absolute Gasteiger partial charge is 0.486 e. The van der Waals surface area contributed by atoms with Crippen LogP contribution in [0.25, 0.3) is 0 Å². The lowest BCUT2D eigenvalue weighted by Gasteiger charge is -2.64. The molecule has 2 saturated heterocycles. The van der Waals surface area contributed by atoms with E-state index in [0.29, 0.717) is 24.7 Å². The Bertz CT molecular complexity index is 1760. The third-order valence-corrected chi connectivity index (χ3v) is 13.0. The van der Waals surface area contributed by atoms with E-state index in [0.717, 1.165) is 18.4 Å².